The Balaban J connectivity index is 1.38. The molecule has 0 bridgehead atoms. The Kier molecular flexibility index (Phi) is 11.8. The summed E-state index contributed by atoms with van der Waals surface area (Å²) in [6.45, 7) is 32.0. The quantitative estimate of drug-likeness (QED) is 0.165. The lowest BCUT2D eigenvalue weighted by molar-refractivity contribution is 0.411. The van der Waals surface area contributed by atoms with Crippen molar-refractivity contribution in [3.05, 3.63) is 192 Å². The molecule has 4 nitrogen and oxygen atoms in total. The van der Waals surface area contributed by atoms with Crippen molar-refractivity contribution in [1.82, 2.24) is 14.5 Å². The molecule has 0 amide bonds. The van der Waals surface area contributed by atoms with Gasteiger partial charge in [0.1, 0.15) is 11.6 Å². The molecule has 0 spiro atoms. The van der Waals surface area contributed by atoms with Gasteiger partial charge in [0.2, 0.25) is 0 Å². The normalized spacial score (nSPS) is 13.7. The number of hydrogen-bond donors (Lipinski definition) is 1. The molecule has 73 heavy (non-hydrogen) atoms. The van der Waals surface area contributed by atoms with Gasteiger partial charge in [-0.25, -0.2) is 4.98 Å². The summed E-state index contributed by atoms with van der Waals surface area (Å²) in [5, 5.41) is 12.9. The molecule has 372 valence electrons. The van der Waals surface area contributed by atoms with Crippen LogP contribution in [0.1, 0.15) is 137 Å². The fourth-order valence-corrected chi connectivity index (χ4v) is 9.70. The Bertz CT molecular complexity index is 3620. The number of para-hydroxylation sites is 1. The number of aromatic hydroxyl groups is 1. The van der Waals surface area contributed by atoms with Crippen molar-refractivity contribution < 1.29 is 10.6 Å². The highest BCUT2D eigenvalue weighted by Crippen LogP contribution is 2.48. The van der Waals surface area contributed by atoms with Gasteiger partial charge < -0.3 is 5.11 Å². The highest BCUT2D eigenvalue weighted by Gasteiger charge is 2.31. The molecular weight excluding hydrogens is 887 g/mol. The number of pyridine rings is 1. The van der Waals surface area contributed by atoms with E-state index in [1.165, 1.54) is 5.56 Å². The van der Waals surface area contributed by atoms with Gasteiger partial charge in [0.05, 0.1) is 30.7 Å². The van der Waals surface area contributed by atoms with E-state index < -0.39 is 17.2 Å². The summed E-state index contributed by atoms with van der Waals surface area (Å²) < 4.78 is 38.4. The molecule has 0 saturated heterocycles. The summed E-state index contributed by atoms with van der Waals surface area (Å²) in [5.74, 6) is 0.828. The van der Waals surface area contributed by atoms with Crippen LogP contribution in [0.2, 0.25) is 0 Å². The Hall–Kier alpha value is -7.04. The SMILES string of the molecule is [2H]c1cc(C([2H])([2H])C(C)(C)C)cc([2H])c1-c1ccnc(-c2cc(-c3cccc4c3nc(-c3cc(C(C)(C)C)cc(C(C)(C)C)c3O)n4-c3c(-c4ccccc4)cc(C(C)(C)C)cc3-c3ccccc3)cc(C(C)(C)C)c2)c1. The predicted molar refractivity (Wildman–Crippen MR) is 311 cm³/mol. The molecular formula is C69H75N3O. The smallest absolute Gasteiger partial charge is 0.149 e. The van der Waals surface area contributed by atoms with E-state index in [9.17, 15) is 5.11 Å². The molecule has 0 aliphatic carbocycles. The van der Waals surface area contributed by atoms with Crippen molar-refractivity contribution >= 4 is 11.0 Å². The third kappa shape index (κ3) is 10.6. The van der Waals surface area contributed by atoms with Crippen LogP contribution in [0, 0.1) is 5.41 Å². The zero-order valence-corrected chi connectivity index (χ0v) is 45.7. The summed E-state index contributed by atoms with van der Waals surface area (Å²) in [4.78, 5) is 10.7. The summed E-state index contributed by atoms with van der Waals surface area (Å²) in [6.07, 6.45) is -0.0190. The third-order valence-corrected chi connectivity index (χ3v) is 13.8. The first-order valence-corrected chi connectivity index (χ1v) is 25.8. The number of phenols is 1. The third-order valence-electron chi connectivity index (χ3n) is 13.8. The van der Waals surface area contributed by atoms with Crippen molar-refractivity contribution in [3.8, 4) is 78.6 Å². The summed E-state index contributed by atoms with van der Waals surface area (Å²) in [6, 6.07) is 50.3. The van der Waals surface area contributed by atoms with Crippen LogP contribution in [0.3, 0.4) is 0 Å². The minimum atomic E-state index is -1.75. The second-order valence-electron chi connectivity index (χ2n) is 25.0. The summed E-state index contributed by atoms with van der Waals surface area (Å²) in [7, 11) is 0. The van der Waals surface area contributed by atoms with E-state index in [2.05, 4.69) is 209 Å². The Labute approximate surface area is 441 Å². The van der Waals surface area contributed by atoms with Crippen molar-refractivity contribution in [2.45, 2.75) is 132 Å². The number of rotatable bonds is 8. The van der Waals surface area contributed by atoms with Gasteiger partial charge >= 0.3 is 0 Å². The first-order valence-electron chi connectivity index (χ1n) is 27.8. The molecule has 0 aliphatic heterocycles. The molecule has 0 unspecified atom stereocenters. The van der Waals surface area contributed by atoms with Gasteiger partial charge in [-0.2, -0.15) is 0 Å². The second kappa shape index (κ2) is 18.8. The Morgan fingerprint density at radius 1 is 0.479 bits per heavy atom. The lowest BCUT2D eigenvalue weighted by Gasteiger charge is -2.28. The van der Waals surface area contributed by atoms with Gasteiger partial charge in [-0.05, 0) is 132 Å². The number of imidazole rings is 1. The van der Waals surface area contributed by atoms with Gasteiger partial charge in [-0.1, -0.05) is 213 Å². The lowest BCUT2D eigenvalue weighted by atomic mass is 9.78. The minimum Gasteiger partial charge on any atom is -0.507 e. The predicted octanol–water partition coefficient (Wildman–Crippen LogP) is 18.9. The largest absolute Gasteiger partial charge is 0.507 e. The van der Waals surface area contributed by atoms with Crippen molar-refractivity contribution in [1.29, 1.82) is 0 Å². The number of hydrogen-bond acceptors (Lipinski definition) is 3. The first kappa shape index (κ1) is 45.8. The maximum atomic E-state index is 12.9. The lowest BCUT2D eigenvalue weighted by Crippen LogP contribution is -2.17. The number of aromatic nitrogens is 3. The van der Waals surface area contributed by atoms with Crippen LogP contribution >= 0.6 is 0 Å². The molecule has 4 heteroatoms. The van der Waals surface area contributed by atoms with Gasteiger partial charge in [-0.3, -0.25) is 9.55 Å². The molecule has 1 N–H and O–H groups in total. The molecule has 0 atom stereocenters. The standard InChI is InChI=1S/C69H75N3O/c1-65(2,3)43-44-29-31-45(32-30-44)48-33-34-70-59(38-48)50-35-49(36-51(37-50)66(4,5)6)54-27-22-28-60-61(54)71-64(57-41-53(68(10,11)12)42-58(63(57)73)69(13,14)15)72(60)62-55(46-23-18-16-19-24-46)39-52(67(7,8)9)40-56(62)47-25-20-17-21-26-47/h16-42,73H,43H2,1-15H3/i31D,32D,43D2. The molecule has 0 radical (unpaired) electrons. The molecule has 2 aromatic heterocycles. The van der Waals surface area contributed by atoms with E-state index in [0.717, 1.165) is 72.4 Å². The van der Waals surface area contributed by atoms with E-state index in [-0.39, 0.29) is 34.1 Å². The van der Waals surface area contributed by atoms with Gasteiger partial charge in [0.25, 0.3) is 0 Å². The highest BCUT2D eigenvalue weighted by atomic mass is 16.3. The highest BCUT2D eigenvalue weighted by molar-refractivity contribution is 6.00. The van der Waals surface area contributed by atoms with Gasteiger partial charge in [-0.15, -0.1) is 0 Å². The van der Waals surface area contributed by atoms with Crippen molar-refractivity contribution in [3.63, 3.8) is 0 Å². The van der Waals surface area contributed by atoms with Crippen LogP contribution in [0.15, 0.2) is 164 Å². The van der Waals surface area contributed by atoms with E-state index >= 15 is 0 Å². The first-order chi connectivity index (χ1) is 35.8. The van der Waals surface area contributed by atoms with Crippen molar-refractivity contribution in [2.75, 3.05) is 0 Å². The van der Waals surface area contributed by atoms with E-state index in [1.807, 2.05) is 32.9 Å². The van der Waals surface area contributed by atoms with Gasteiger partial charge in [0.15, 0.2) is 0 Å². The van der Waals surface area contributed by atoms with Crippen LogP contribution in [-0.2, 0) is 28.0 Å². The molecule has 7 aromatic carbocycles. The number of fused-ring (bicyclic) bond motifs is 1. The van der Waals surface area contributed by atoms with Crippen LogP contribution in [-0.4, -0.2) is 19.6 Å². The maximum absolute atomic E-state index is 12.9. The summed E-state index contributed by atoms with van der Waals surface area (Å²) in [5.41, 5.74) is 14.6. The fraction of sp³-hybridized carbons (Fsp3) is 0.304. The van der Waals surface area contributed by atoms with E-state index in [4.69, 9.17) is 15.5 Å². The maximum Gasteiger partial charge on any atom is 0.149 e. The van der Waals surface area contributed by atoms with Gasteiger partial charge in [0, 0.05) is 36.8 Å². The summed E-state index contributed by atoms with van der Waals surface area (Å²) >= 11 is 0. The number of phenolic OH excluding ortho intramolecular Hbond substituents is 1. The van der Waals surface area contributed by atoms with E-state index in [1.54, 1.807) is 18.3 Å². The monoisotopic (exact) mass is 966 g/mol. The Morgan fingerprint density at radius 2 is 1.01 bits per heavy atom. The number of nitrogens with zero attached hydrogens (tertiary/aromatic N) is 3. The fourth-order valence-electron chi connectivity index (χ4n) is 9.70. The van der Waals surface area contributed by atoms with Crippen LogP contribution in [0.4, 0.5) is 0 Å². The molecule has 2 heterocycles. The van der Waals surface area contributed by atoms with Crippen LogP contribution in [0.5, 0.6) is 5.75 Å². The zero-order chi connectivity index (χ0) is 55.9. The van der Waals surface area contributed by atoms with Crippen LogP contribution < -0.4 is 0 Å². The second-order valence-corrected chi connectivity index (χ2v) is 25.0. The average Bonchev–Trinajstić information content (AvgIpc) is 3.86. The van der Waals surface area contributed by atoms with Crippen molar-refractivity contribution in [2.24, 2.45) is 5.41 Å². The molecule has 0 saturated carbocycles. The Morgan fingerprint density at radius 3 is 1.56 bits per heavy atom. The van der Waals surface area contributed by atoms with E-state index in [0.29, 0.717) is 33.8 Å². The molecule has 0 fully saturated rings. The zero-order valence-electron chi connectivity index (χ0n) is 49.7. The molecule has 9 rings (SSSR count). The average molecular weight is 966 g/mol. The van der Waals surface area contributed by atoms with Crippen LogP contribution in [0.25, 0.3) is 83.9 Å². The minimum absolute atomic E-state index is 0.0903. The molecule has 0 aliphatic rings. The number of benzene rings is 7. The topological polar surface area (TPSA) is 50.9 Å². The molecule has 9 aromatic rings.